The minimum Gasteiger partial charge on any atom is -0.497 e. The predicted molar refractivity (Wildman–Crippen MR) is 109 cm³/mol. The summed E-state index contributed by atoms with van der Waals surface area (Å²) in [5, 5.41) is 4.12. The quantitative estimate of drug-likeness (QED) is 0.483. The van der Waals surface area contributed by atoms with Gasteiger partial charge in [0.1, 0.15) is 11.6 Å². The molecule has 29 heavy (non-hydrogen) atoms. The second kappa shape index (κ2) is 6.75. The lowest BCUT2D eigenvalue weighted by Gasteiger charge is -2.12. The molecule has 0 fully saturated rings. The van der Waals surface area contributed by atoms with Crippen LogP contribution in [0, 0.1) is 0 Å². The number of methoxy groups -OCH3 is 1. The highest BCUT2D eigenvalue weighted by molar-refractivity contribution is 5.93. The van der Waals surface area contributed by atoms with Crippen molar-refractivity contribution in [3.8, 4) is 17.1 Å². The van der Waals surface area contributed by atoms with E-state index in [2.05, 4.69) is 20.3 Å². The summed E-state index contributed by atoms with van der Waals surface area (Å²) in [6.45, 7) is 0. The molecule has 0 aliphatic heterocycles. The number of oxazole rings is 1. The number of hydrogen-bond acceptors (Lipinski definition) is 7. The van der Waals surface area contributed by atoms with Gasteiger partial charge in [-0.1, -0.05) is 0 Å². The average molecular weight is 385 g/mol. The standard InChI is InChI=1S/C21H15N5O3/c1-28-14-5-6-16-15(10-14)20(26-19(24-16)12-3-2-8-22-11-12)23-13-4-7-18-17(9-13)25-21(27)29-18/h2-11H,1H3,(H,25,27)(H,23,24,26). The molecule has 3 aromatic heterocycles. The van der Waals surface area contributed by atoms with Crippen molar-refractivity contribution < 1.29 is 9.15 Å². The summed E-state index contributed by atoms with van der Waals surface area (Å²) >= 11 is 0. The van der Waals surface area contributed by atoms with Gasteiger partial charge in [-0.2, -0.15) is 0 Å². The Morgan fingerprint density at radius 2 is 2.03 bits per heavy atom. The monoisotopic (exact) mass is 385 g/mol. The number of hydrogen-bond donors (Lipinski definition) is 2. The Morgan fingerprint density at radius 1 is 1.10 bits per heavy atom. The summed E-state index contributed by atoms with van der Waals surface area (Å²) in [5.41, 5.74) is 3.41. The summed E-state index contributed by atoms with van der Waals surface area (Å²) in [5.74, 6) is 1.37. The highest BCUT2D eigenvalue weighted by Crippen LogP contribution is 2.30. The second-order valence-corrected chi connectivity index (χ2v) is 6.37. The van der Waals surface area contributed by atoms with E-state index >= 15 is 0 Å². The van der Waals surface area contributed by atoms with Crippen LogP contribution in [0.3, 0.4) is 0 Å². The smallest absolute Gasteiger partial charge is 0.417 e. The second-order valence-electron chi connectivity index (χ2n) is 6.37. The summed E-state index contributed by atoms with van der Waals surface area (Å²) in [7, 11) is 1.61. The maximum Gasteiger partial charge on any atom is 0.417 e. The van der Waals surface area contributed by atoms with Crippen LogP contribution in [0.15, 0.2) is 70.1 Å². The maximum atomic E-state index is 11.4. The van der Waals surface area contributed by atoms with Crippen LogP contribution in [0.5, 0.6) is 5.75 Å². The number of nitrogens with zero attached hydrogens (tertiary/aromatic N) is 3. The number of ether oxygens (including phenoxy) is 1. The summed E-state index contributed by atoms with van der Waals surface area (Å²) < 4.78 is 10.4. The van der Waals surface area contributed by atoms with Crippen LogP contribution in [0.1, 0.15) is 0 Å². The molecule has 0 bridgehead atoms. The number of aromatic nitrogens is 4. The van der Waals surface area contributed by atoms with E-state index in [1.54, 1.807) is 31.6 Å². The summed E-state index contributed by atoms with van der Waals surface area (Å²) in [4.78, 5) is 27.6. The Morgan fingerprint density at radius 3 is 2.86 bits per heavy atom. The third kappa shape index (κ3) is 3.16. The zero-order valence-corrected chi connectivity index (χ0v) is 15.3. The number of pyridine rings is 1. The Labute approximate surface area is 164 Å². The first-order chi connectivity index (χ1) is 14.2. The zero-order chi connectivity index (χ0) is 19.8. The number of rotatable bonds is 4. The zero-order valence-electron chi connectivity index (χ0n) is 15.3. The molecule has 0 spiro atoms. The van der Waals surface area contributed by atoms with E-state index in [-0.39, 0.29) is 0 Å². The molecule has 0 amide bonds. The van der Waals surface area contributed by atoms with E-state index in [4.69, 9.17) is 14.1 Å². The molecule has 2 N–H and O–H groups in total. The van der Waals surface area contributed by atoms with Crippen molar-refractivity contribution in [3.63, 3.8) is 0 Å². The number of H-pyrrole nitrogens is 1. The minimum atomic E-state index is -0.492. The summed E-state index contributed by atoms with van der Waals surface area (Å²) in [6.07, 6.45) is 3.42. The van der Waals surface area contributed by atoms with E-state index in [1.807, 2.05) is 36.4 Å². The van der Waals surface area contributed by atoms with E-state index in [0.29, 0.717) is 28.5 Å². The topological polar surface area (TPSA) is 106 Å². The lowest BCUT2D eigenvalue weighted by molar-refractivity contribution is 0.415. The SMILES string of the molecule is COc1ccc2nc(-c3cccnc3)nc(Nc3ccc4oc(=O)[nH]c4c3)c2c1. The largest absolute Gasteiger partial charge is 0.497 e. The van der Waals surface area contributed by atoms with Crippen molar-refractivity contribution in [2.24, 2.45) is 0 Å². The van der Waals surface area contributed by atoms with Crippen molar-refractivity contribution in [2.45, 2.75) is 0 Å². The molecule has 142 valence electrons. The van der Waals surface area contributed by atoms with Crippen LogP contribution in [-0.4, -0.2) is 27.0 Å². The van der Waals surface area contributed by atoms with Gasteiger partial charge >= 0.3 is 5.76 Å². The fraction of sp³-hybridized carbons (Fsp3) is 0.0476. The van der Waals surface area contributed by atoms with Gasteiger partial charge in [-0.15, -0.1) is 0 Å². The molecule has 8 nitrogen and oxygen atoms in total. The third-order valence-corrected chi connectivity index (χ3v) is 4.50. The van der Waals surface area contributed by atoms with Crippen molar-refractivity contribution in [1.82, 2.24) is 19.9 Å². The highest BCUT2D eigenvalue weighted by atomic mass is 16.5. The molecule has 0 unspecified atom stereocenters. The van der Waals surface area contributed by atoms with Gasteiger partial charge in [0.25, 0.3) is 0 Å². The summed E-state index contributed by atoms with van der Waals surface area (Å²) in [6, 6.07) is 14.7. The fourth-order valence-corrected chi connectivity index (χ4v) is 3.12. The molecule has 0 aliphatic rings. The van der Waals surface area contributed by atoms with Crippen LogP contribution in [0.25, 0.3) is 33.4 Å². The number of benzene rings is 2. The predicted octanol–water partition coefficient (Wildman–Crippen LogP) is 3.88. The van der Waals surface area contributed by atoms with Gasteiger partial charge in [0.05, 0.1) is 18.1 Å². The Kier molecular flexibility index (Phi) is 3.94. The Bertz CT molecular complexity index is 1390. The fourth-order valence-electron chi connectivity index (χ4n) is 3.12. The van der Waals surface area contributed by atoms with Crippen LogP contribution in [-0.2, 0) is 0 Å². The Balaban J connectivity index is 1.67. The minimum absolute atomic E-state index is 0.491. The van der Waals surface area contributed by atoms with Gasteiger partial charge in [0.15, 0.2) is 11.4 Å². The van der Waals surface area contributed by atoms with E-state index in [9.17, 15) is 4.79 Å². The molecular formula is C21H15N5O3. The van der Waals surface area contributed by atoms with Gasteiger partial charge in [-0.25, -0.2) is 14.8 Å². The van der Waals surface area contributed by atoms with Gasteiger partial charge < -0.3 is 14.5 Å². The van der Waals surface area contributed by atoms with Crippen LogP contribution < -0.4 is 15.8 Å². The number of fused-ring (bicyclic) bond motifs is 2. The average Bonchev–Trinajstić information content (AvgIpc) is 3.13. The van der Waals surface area contributed by atoms with Crippen molar-refractivity contribution in [3.05, 3.63) is 71.5 Å². The molecule has 5 rings (SSSR count). The molecule has 5 aromatic rings. The van der Waals surface area contributed by atoms with Gasteiger partial charge in [0, 0.05) is 29.0 Å². The first kappa shape index (κ1) is 16.9. The Hall–Kier alpha value is -4.20. The van der Waals surface area contributed by atoms with Crippen molar-refractivity contribution in [1.29, 1.82) is 0 Å². The lowest BCUT2D eigenvalue weighted by Crippen LogP contribution is -2.00. The van der Waals surface area contributed by atoms with Crippen molar-refractivity contribution >= 4 is 33.5 Å². The highest BCUT2D eigenvalue weighted by Gasteiger charge is 2.12. The molecule has 8 heteroatoms. The van der Waals surface area contributed by atoms with Crippen LogP contribution in [0.4, 0.5) is 11.5 Å². The molecule has 2 aromatic carbocycles. The van der Waals surface area contributed by atoms with E-state index < -0.39 is 5.76 Å². The normalized spacial score (nSPS) is 11.1. The van der Waals surface area contributed by atoms with Crippen LogP contribution in [0.2, 0.25) is 0 Å². The van der Waals surface area contributed by atoms with Crippen molar-refractivity contribution in [2.75, 3.05) is 12.4 Å². The van der Waals surface area contributed by atoms with Gasteiger partial charge in [-0.3, -0.25) is 9.97 Å². The third-order valence-electron chi connectivity index (χ3n) is 4.50. The maximum absolute atomic E-state index is 11.4. The first-order valence-corrected chi connectivity index (χ1v) is 8.86. The number of anilines is 2. The first-order valence-electron chi connectivity index (χ1n) is 8.86. The van der Waals surface area contributed by atoms with Gasteiger partial charge in [0.2, 0.25) is 0 Å². The number of aromatic amines is 1. The number of nitrogens with one attached hydrogen (secondary N) is 2. The molecule has 0 aliphatic carbocycles. The molecule has 0 saturated carbocycles. The van der Waals surface area contributed by atoms with Gasteiger partial charge in [-0.05, 0) is 48.5 Å². The molecule has 0 saturated heterocycles. The molecular weight excluding hydrogens is 370 g/mol. The van der Waals surface area contributed by atoms with E-state index in [1.165, 1.54) is 0 Å². The lowest BCUT2D eigenvalue weighted by atomic mass is 10.2. The molecule has 0 radical (unpaired) electrons. The molecule has 0 atom stereocenters. The van der Waals surface area contributed by atoms with Crippen LogP contribution >= 0.6 is 0 Å². The van der Waals surface area contributed by atoms with E-state index in [0.717, 1.165) is 22.2 Å². The molecule has 3 heterocycles.